The first-order chi connectivity index (χ1) is 16.2. The number of halogens is 4. The van der Waals surface area contributed by atoms with Crippen molar-refractivity contribution >= 4 is 22.6 Å². The van der Waals surface area contributed by atoms with Crippen LogP contribution in [-0.4, -0.2) is 59.0 Å². The molecule has 0 aliphatic carbocycles. The van der Waals surface area contributed by atoms with Gasteiger partial charge in [-0.15, -0.1) is 0 Å². The third kappa shape index (κ3) is 4.45. The van der Waals surface area contributed by atoms with Gasteiger partial charge in [0.1, 0.15) is 11.2 Å². The number of aryl methyl sites for hydroxylation is 1. The van der Waals surface area contributed by atoms with Crippen LogP contribution in [0.2, 0.25) is 0 Å². The van der Waals surface area contributed by atoms with Gasteiger partial charge >= 0.3 is 0 Å². The van der Waals surface area contributed by atoms with E-state index < -0.39 is 35.1 Å². The number of carbonyl (C=O) groups excluding carboxylic acids is 1. The van der Waals surface area contributed by atoms with Gasteiger partial charge in [0.15, 0.2) is 17.3 Å². The predicted octanol–water partition coefficient (Wildman–Crippen LogP) is 2.52. The number of pyridine rings is 1. The normalized spacial score (nSPS) is 14.7. The van der Waals surface area contributed by atoms with Crippen LogP contribution in [0.25, 0.3) is 11.0 Å². The van der Waals surface area contributed by atoms with Gasteiger partial charge in [-0.1, -0.05) is 0 Å². The number of rotatable bonds is 5. The summed E-state index contributed by atoms with van der Waals surface area (Å²) in [5.41, 5.74) is -1.43. The molecule has 1 saturated heterocycles. The molecule has 1 aliphatic rings. The van der Waals surface area contributed by atoms with Crippen molar-refractivity contribution in [2.75, 3.05) is 38.1 Å². The predicted molar refractivity (Wildman–Crippen MR) is 117 cm³/mol. The van der Waals surface area contributed by atoms with Crippen LogP contribution in [0.15, 0.2) is 23.1 Å². The highest BCUT2D eigenvalue weighted by atomic mass is 19.3. The number of nitrogens with one attached hydrogen (secondary N) is 2. The van der Waals surface area contributed by atoms with Gasteiger partial charge in [-0.25, -0.2) is 27.5 Å². The Bertz CT molecular complexity index is 1300. The number of hydrogen-bond acceptors (Lipinski definition) is 6. The smallest absolute Gasteiger partial charge is 0.272 e. The molecule has 8 nitrogen and oxygen atoms in total. The molecule has 1 aliphatic heterocycles. The Balaban J connectivity index is 1.53. The number of hydrogen-bond donors (Lipinski definition) is 2. The third-order valence-corrected chi connectivity index (χ3v) is 5.84. The average molecular weight is 478 g/mol. The van der Waals surface area contributed by atoms with Crippen molar-refractivity contribution in [3.8, 4) is 0 Å². The van der Waals surface area contributed by atoms with Crippen LogP contribution in [0.3, 0.4) is 0 Å². The van der Waals surface area contributed by atoms with E-state index in [-0.39, 0.29) is 34.5 Å². The lowest BCUT2D eigenvalue weighted by Crippen LogP contribution is -2.46. The molecule has 0 atom stereocenters. The van der Waals surface area contributed by atoms with Gasteiger partial charge in [0.05, 0.1) is 17.4 Å². The van der Waals surface area contributed by atoms with Gasteiger partial charge in [0, 0.05) is 51.4 Å². The van der Waals surface area contributed by atoms with Crippen LogP contribution in [0.4, 0.5) is 23.2 Å². The fourth-order valence-electron chi connectivity index (χ4n) is 4.04. The SMILES string of the molecule is CNC(=O)c1ncc(N2CCN(Cc3cc(F)c4nc(C)c(=O)[nH]c4c3C(F)F)CC2)cc1F. The average Bonchev–Trinajstić information content (AvgIpc) is 2.80. The molecular weight excluding hydrogens is 456 g/mol. The summed E-state index contributed by atoms with van der Waals surface area (Å²) in [6.07, 6.45) is -1.53. The van der Waals surface area contributed by atoms with E-state index in [9.17, 15) is 27.2 Å². The zero-order chi connectivity index (χ0) is 24.6. The lowest BCUT2D eigenvalue weighted by atomic mass is 10.0. The number of nitrogens with zero attached hydrogens (tertiary/aromatic N) is 4. The van der Waals surface area contributed by atoms with E-state index >= 15 is 0 Å². The summed E-state index contributed by atoms with van der Waals surface area (Å²) < 4.78 is 56.8. The Labute approximate surface area is 191 Å². The highest BCUT2D eigenvalue weighted by Crippen LogP contribution is 2.32. The lowest BCUT2D eigenvalue weighted by Gasteiger charge is -2.36. The molecule has 0 radical (unpaired) electrons. The first kappa shape index (κ1) is 23.6. The second-order valence-corrected chi connectivity index (χ2v) is 7.97. The molecule has 0 unspecified atom stereocenters. The van der Waals surface area contributed by atoms with Crippen LogP contribution in [0.5, 0.6) is 0 Å². The highest BCUT2D eigenvalue weighted by molar-refractivity contribution is 5.92. The van der Waals surface area contributed by atoms with Crippen molar-refractivity contribution in [1.29, 1.82) is 0 Å². The first-order valence-corrected chi connectivity index (χ1v) is 10.5. The van der Waals surface area contributed by atoms with Crippen molar-refractivity contribution in [1.82, 2.24) is 25.2 Å². The minimum absolute atomic E-state index is 0.00947. The maximum Gasteiger partial charge on any atom is 0.272 e. The summed E-state index contributed by atoms with van der Waals surface area (Å²) in [7, 11) is 1.38. The second-order valence-electron chi connectivity index (χ2n) is 7.97. The summed E-state index contributed by atoms with van der Waals surface area (Å²) in [6.45, 7) is 3.17. The summed E-state index contributed by atoms with van der Waals surface area (Å²) in [5, 5.41) is 2.32. The molecule has 0 bridgehead atoms. The number of alkyl halides is 2. The minimum atomic E-state index is -2.94. The molecule has 4 rings (SSSR count). The van der Waals surface area contributed by atoms with E-state index in [2.05, 4.69) is 20.3 Å². The number of fused-ring (bicyclic) bond motifs is 1. The van der Waals surface area contributed by atoms with Crippen LogP contribution < -0.4 is 15.8 Å². The maximum atomic E-state index is 14.7. The van der Waals surface area contributed by atoms with Crippen molar-refractivity contribution < 1.29 is 22.4 Å². The number of anilines is 1. The molecule has 3 aromatic rings. The zero-order valence-electron chi connectivity index (χ0n) is 18.5. The van der Waals surface area contributed by atoms with Crippen molar-refractivity contribution in [2.24, 2.45) is 0 Å². The van der Waals surface area contributed by atoms with E-state index in [1.807, 2.05) is 9.80 Å². The third-order valence-electron chi connectivity index (χ3n) is 5.84. The Hall–Kier alpha value is -3.54. The minimum Gasteiger partial charge on any atom is -0.368 e. The summed E-state index contributed by atoms with van der Waals surface area (Å²) >= 11 is 0. The van der Waals surface area contributed by atoms with E-state index in [1.165, 1.54) is 26.2 Å². The van der Waals surface area contributed by atoms with Crippen LogP contribution in [0.1, 0.15) is 33.7 Å². The zero-order valence-corrected chi connectivity index (χ0v) is 18.5. The Kier molecular flexibility index (Phi) is 6.51. The number of piperazine rings is 1. The van der Waals surface area contributed by atoms with Gasteiger partial charge in [-0.05, 0) is 18.6 Å². The molecule has 3 heterocycles. The van der Waals surface area contributed by atoms with E-state index in [0.717, 1.165) is 6.07 Å². The Morgan fingerprint density at radius 2 is 1.88 bits per heavy atom. The number of benzene rings is 1. The van der Waals surface area contributed by atoms with Crippen LogP contribution in [-0.2, 0) is 6.54 Å². The van der Waals surface area contributed by atoms with Crippen molar-refractivity contribution in [3.63, 3.8) is 0 Å². The van der Waals surface area contributed by atoms with Gasteiger partial charge < -0.3 is 15.2 Å². The molecule has 0 spiro atoms. The second kappa shape index (κ2) is 9.37. The highest BCUT2D eigenvalue weighted by Gasteiger charge is 2.25. The monoisotopic (exact) mass is 478 g/mol. The number of carbonyl (C=O) groups is 1. The van der Waals surface area contributed by atoms with Crippen LogP contribution in [0, 0.1) is 18.6 Å². The number of aromatic amines is 1. The summed E-state index contributed by atoms with van der Waals surface area (Å²) in [4.78, 5) is 37.4. The van der Waals surface area contributed by atoms with E-state index in [4.69, 9.17) is 0 Å². The van der Waals surface area contributed by atoms with Crippen molar-refractivity contribution in [2.45, 2.75) is 19.9 Å². The van der Waals surface area contributed by atoms with Gasteiger partial charge in [0.25, 0.3) is 17.9 Å². The summed E-state index contributed by atoms with van der Waals surface area (Å²) in [5.74, 6) is -2.16. The number of aromatic nitrogens is 3. The number of H-pyrrole nitrogens is 1. The lowest BCUT2D eigenvalue weighted by molar-refractivity contribution is 0.0953. The molecule has 180 valence electrons. The largest absolute Gasteiger partial charge is 0.368 e. The van der Waals surface area contributed by atoms with Gasteiger partial charge in [-0.2, -0.15) is 0 Å². The maximum absolute atomic E-state index is 14.7. The first-order valence-electron chi connectivity index (χ1n) is 10.5. The van der Waals surface area contributed by atoms with Gasteiger partial charge in [-0.3, -0.25) is 14.5 Å². The quantitative estimate of drug-likeness (QED) is 0.548. The van der Waals surface area contributed by atoms with Crippen LogP contribution >= 0.6 is 0 Å². The molecule has 12 heteroatoms. The Morgan fingerprint density at radius 3 is 2.50 bits per heavy atom. The number of amides is 1. The Morgan fingerprint density at radius 1 is 1.18 bits per heavy atom. The molecule has 2 aromatic heterocycles. The molecule has 34 heavy (non-hydrogen) atoms. The fraction of sp³-hybridized carbons (Fsp3) is 0.364. The molecular formula is C22H22F4N6O2. The molecule has 1 fully saturated rings. The molecule has 1 amide bonds. The van der Waals surface area contributed by atoms with Crippen molar-refractivity contribution in [3.05, 3.63) is 62.8 Å². The van der Waals surface area contributed by atoms with E-state index in [1.54, 1.807) is 0 Å². The topological polar surface area (TPSA) is 94.2 Å². The standard InChI is InChI=1S/C22H22F4N6O2/c1-11-21(33)30-19-16(20(25)26)12(7-14(23)17(19)29-11)10-31-3-5-32(6-4-31)13-8-15(24)18(28-9-13)22(34)27-2/h7-9,20H,3-6,10H2,1-2H3,(H,27,34)(H,30,33). The molecule has 1 aromatic carbocycles. The fourth-order valence-corrected chi connectivity index (χ4v) is 4.04. The molecule has 0 saturated carbocycles. The molecule has 2 N–H and O–H groups in total. The van der Waals surface area contributed by atoms with Gasteiger partial charge in [0.2, 0.25) is 0 Å². The summed E-state index contributed by atoms with van der Waals surface area (Å²) in [6, 6.07) is 2.27. The van der Waals surface area contributed by atoms with E-state index in [0.29, 0.717) is 31.9 Å².